The lowest BCUT2D eigenvalue weighted by atomic mass is 10.1. The van der Waals surface area contributed by atoms with Crippen molar-refractivity contribution in [2.75, 3.05) is 5.73 Å². The summed E-state index contributed by atoms with van der Waals surface area (Å²) in [6, 6.07) is 4.93. The summed E-state index contributed by atoms with van der Waals surface area (Å²) in [5.41, 5.74) is 13.3. The highest BCUT2D eigenvalue weighted by Gasteiger charge is 2.17. The van der Waals surface area contributed by atoms with Gasteiger partial charge in [0.2, 0.25) is 0 Å². The van der Waals surface area contributed by atoms with Crippen LogP contribution in [0.25, 0.3) is 0 Å². The molecule has 0 saturated heterocycles. The zero-order valence-corrected chi connectivity index (χ0v) is 11.1. The van der Waals surface area contributed by atoms with Crippen LogP contribution in [0.15, 0.2) is 35.1 Å². The Labute approximate surface area is 112 Å². The van der Waals surface area contributed by atoms with E-state index in [0.717, 1.165) is 4.47 Å². The number of hydrogen-bond donors (Lipinski definition) is 2. The first-order chi connectivity index (χ1) is 8.09. The predicted octanol–water partition coefficient (Wildman–Crippen LogP) is 2.52. The van der Waals surface area contributed by atoms with Gasteiger partial charge in [-0.3, -0.25) is 4.98 Å². The second kappa shape index (κ2) is 5.00. The SMILES string of the molecule is Nc1ncc(Cl)cc1C(N)c1ncccc1Br. The van der Waals surface area contributed by atoms with E-state index < -0.39 is 6.04 Å². The lowest BCUT2D eigenvalue weighted by molar-refractivity contribution is 0.820. The molecule has 2 rings (SSSR count). The van der Waals surface area contributed by atoms with Gasteiger partial charge >= 0.3 is 0 Å². The predicted molar refractivity (Wildman–Crippen MR) is 71.6 cm³/mol. The quantitative estimate of drug-likeness (QED) is 0.893. The number of halogens is 2. The summed E-state index contributed by atoms with van der Waals surface area (Å²) in [6.07, 6.45) is 3.16. The van der Waals surface area contributed by atoms with Crippen LogP contribution in [-0.4, -0.2) is 9.97 Å². The first-order valence-corrected chi connectivity index (χ1v) is 6.03. The number of anilines is 1. The molecule has 0 radical (unpaired) electrons. The van der Waals surface area contributed by atoms with Crippen LogP contribution >= 0.6 is 27.5 Å². The summed E-state index contributed by atoms with van der Waals surface area (Å²) in [4.78, 5) is 8.20. The molecule has 0 aliphatic heterocycles. The highest BCUT2D eigenvalue weighted by molar-refractivity contribution is 9.10. The molecule has 1 atom stereocenters. The van der Waals surface area contributed by atoms with Gasteiger partial charge in [-0.2, -0.15) is 0 Å². The third kappa shape index (κ3) is 2.57. The van der Waals surface area contributed by atoms with Crippen molar-refractivity contribution in [2.24, 2.45) is 5.73 Å². The molecule has 0 amide bonds. The maximum atomic E-state index is 6.12. The molecule has 0 saturated carbocycles. The minimum absolute atomic E-state index is 0.361. The summed E-state index contributed by atoms with van der Waals surface area (Å²) >= 11 is 9.28. The Morgan fingerprint density at radius 3 is 2.82 bits per heavy atom. The molecule has 6 heteroatoms. The van der Waals surface area contributed by atoms with Crippen LogP contribution in [0.4, 0.5) is 5.82 Å². The van der Waals surface area contributed by atoms with Crippen LogP contribution in [0.1, 0.15) is 17.3 Å². The molecule has 0 aromatic carbocycles. The zero-order chi connectivity index (χ0) is 12.4. The fourth-order valence-corrected chi connectivity index (χ4v) is 2.16. The maximum Gasteiger partial charge on any atom is 0.128 e. The largest absolute Gasteiger partial charge is 0.383 e. The number of hydrogen-bond acceptors (Lipinski definition) is 4. The average Bonchev–Trinajstić information content (AvgIpc) is 2.32. The van der Waals surface area contributed by atoms with Crippen LogP contribution in [-0.2, 0) is 0 Å². The molecule has 1 unspecified atom stereocenters. The van der Waals surface area contributed by atoms with E-state index in [1.165, 1.54) is 6.20 Å². The molecule has 17 heavy (non-hydrogen) atoms. The molecule has 0 aliphatic rings. The Morgan fingerprint density at radius 2 is 2.12 bits per heavy atom. The molecular weight excluding hydrogens is 304 g/mol. The van der Waals surface area contributed by atoms with E-state index in [9.17, 15) is 0 Å². The van der Waals surface area contributed by atoms with E-state index in [2.05, 4.69) is 25.9 Å². The summed E-state index contributed by atoms with van der Waals surface area (Å²) in [5, 5.41) is 0.497. The summed E-state index contributed by atoms with van der Waals surface area (Å²) in [5.74, 6) is 0.361. The van der Waals surface area contributed by atoms with E-state index in [1.807, 2.05) is 12.1 Å². The van der Waals surface area contributed by atoms with Crippen molar-refractivity contribution in [3.8, 4) is 0 Å². The van der Waals surface area contributed by atoms with Gasteiger partial charge in [0.15, 0.2) is 0 Å². The molecule has 4 nitrogen and oxygen atoms in total. The molecule has 2 aromatic heterocycles. The monoisotopic (exact) mass is 312 g/mol. The van der Waals surface area contributed by atoms with Crippen LogP contribution in [0, 0.1) is 0 Å². The van der Waals surface area contributed by atoms with Gasteiger partial charge in [-0.1, -0.05) is 11.6 Å². The number of pyridine rings is 2. The Morgan fingerprint density at radius 1 is 1.35 bits per heavy atom. The lowest BCUT2D eigenvalue weighted by Crippen LogP contribution is -2.16. The summed E-state index contributed by atoms with van der Waals surface area (Å²) in [6.45, 7) is 0. The smallest absolute Gasteiger partial charge is 0.128 e. The molecule has 0 aliphatic carbocycles. The average molecular weight is 314 g/mol. The maximum absolute atomic E-state index is 6.12. The fraction of sp³-hybridized carbons (Fsp3) is 0.0909. The second-order valence-corrected chi connectivity index (χ2v) is 4.77. The van der Waals surface area contributed by atoms with Gasteiger partial charge in [-0.25, -0.2) is 4.98 Å². The van der Waals surface area contributed by atoms with E-state index in [1.54, 1.807) is 12.3 Å². The van der Waals surface area contributed by atoms with Crippen LogP contribution in [0.5, 0.6) is 0 Å². The van der Waals surface area contributed by atoms with Gasteiger partial charge in [-0.05, 0) is 34.1 Å². The molecule has 0 spiro atoms. The molecule has 0 fully saturated rings. The second-order valence-electron chi connectivity index (χ2n) is 3.48. The Kier molecular flexibility index (Phi) is 3.61. The normalized spacial score (nSPS) is 12.4. The van der Waals surface area contributed by atoms with Crippen molar-refractivity contribution in [1.29, 1.82) is 0 Å². The molecule has 0 bridgehead atoms. The van der Waals surface area contributed by atoms with Gasteiger partial charge in [0.25, 0.3) is 0 Å². The van der Waals surface area contributed by atoms with Gasteiger partial charge in [-0.15, -0.1) is 0 Å². The van der Waals surface area contributed by atoms with Crippen LogP contribution < -0.4 is 11.5 Å². The van der Waals surface area contributed by atoms with Gasteiger partial charge < -0.3 is 11.5 Å². The van der Waals surface area contributed by atoms with Crippen LogP contribution in [0.3, 0.4) is 0 Å². The van der Waals surface area contributed by atoms with Crippen molar-refractivity contribution < 1.29 is 0 Å². The molecule has 4 N–H and O–H groups in total. The number of nitrogen functional groups attached to an aromatic ring is 1. The topological polar surface area (TPSA) is 77.8 Å². The third-order valence-electron chi connectivity index (χ3n) is 2.33. The first kappa shape index (κ1) is 12.3. The summed E-state index contributed by atoms with van der Waals surface area (Å²) < 4.78 is 0.826. The zero-order valence-electron chi connectivity index (χ0n) is 8.77. The molecule has 2 heterocycles. The van der Waals surface area contributed by atoms with Gasteiger partial charge in [0.1, 0.15) is 5.82 Å². The standard InChI is InChI=1S/C11H10BrClN4/c12-8-2-1-3-16-10(8)9(14)7-4-6(13)5-17-11(7)15/h1-5,9H,14H2,(H2,15,17). The Balaban J connectivity index is 2.47. The van der Waals surface area contributed by atoms with Crippen molar-refractivity contribution in [2.45, 2.75) is 6.04 Å². The van der Waals surface area contributed by atoms with Crippen LogP contribution in [0.2, 0.25) is 5.02 Å². The van der Waals surface area contributed by atoms with E-state index in [4.69, 9.17) is 23.1 Å². The van der Waals surface area contributed by atoms with Gasteiger partial charge in [0.05, 0.1) is 16.8 Å². The highest BCUT2D eigenvalue weighted by Crippen LogP contribution is 2.28. The van der Waals surface area contributed by atoms with E-state index in [-0.39, 0.29) is 0 Å². The summed E-state index contributed by atoms with van der Waals surface area (Å²) in [7, 11) is 0. The number of nitrogens with two attached hydrogens (primary N) is 2. The van der Waals surface area contributed by atoms with Crippen molar-refractivity contribution in [1.82, 2.24) is 9.97 Å². The lowest BCUT2D eigenvalue weighted by Gasteiger charge is -2.14. The Bertz CT molecular complexity index is 547. The molecule has 88 valence electrons. The molecular formula is C11H10BrClN4. The highest BCUT2D eigenvalue weighted by atomic mass is 79.9. The Hall–Kier alpha value is -1.17. The first-order valence-electron chi connectivity index (χ1n) is 4.86. The fourth-order valence-electron chi connectivity index (χ4n) is 1.49. The number of rotatable bonds is 2. The molecule has 2 aromatic rings. The van der Waals surface area contributed by atoms with Crippen molar-refractivity contribution in [3.63, 3.8) is 0 Å². The van der Waals surface area contributed by atoms with E-state index in [0.29, 0.717) is 22.1 Å². The van der Waals surface area contributed by atoms with Crippen molar-refractivity contribution >= 4 is 33.3 Å². The number of aromatic nitrogens is 2. The number of nitrogens with zero attached hydrogens (tertiary/aromatic N) is 2. The third-order valence-corrected chi connectivity index (χ3v) is 3.21. The minimum Gasteiger partial charge on any atom is -0.383 e. The van der Waals surface area contributed by atoms with Crippen molar-refractivity contribution in [3.05, 3.63) is 51.3 Å². The van der Waals surface area contributed by atoms with Gasteiger partial charge in [0, 0.05) is 22.4 Å². The minimum atomic E-state index is -0.461. The van der Waals surface area contributed by atoms with E-state index >= 15 is 0 Å².